The van der Waals surface area contributed by atoms with E-state index in [4.69, 9.17) is 9.47 Å². The fraction of sp³-hybridized carbons (Fsp3) is 0.600. The third kappa shape index (κ3) is 1.96. The van der Waals surface area contributed by atoms with Gasteiger partial charge >= 0.3 is 0 Å². The monoisotopic (exact) mass is 168 g/mol. The van der Waals surface area contributed by atoms with Gasteiger partial charge in [-0.05, 0) is 20.3 Å². The second-order valence-electron chi connectivity index (χ2n) is 3.40. The Kier molecular flexibility index (Phi) is 2.70. The fourth-order valence-corrected chi connectivity index (χ4v) is 1.41. The Labute approximate surface area is 73.9 Å². The van der Waals surface area contributed by atoms with Gasteiger partial charge in [-0.25, -0.2) is 0 Å². The summed E-state index contributed by atoms with van der Waals surface area (Å²) in [7, 11) is 0. The van der Waals surface area contributed by atoms with Crippen LogP contribution in [-0.2, 0) is 9.47 Å². The number of hydrogen-bond acceptors (Lipinski definition) is 2. The summed E-state index contributed by atoms with van der Waals surface area (Å²) in [5, 5.41) is 0. The van der Waals surface area contributed by atoms with Crippen LogP contribution >= 0.6 is 0 Å². The first-order chi connectivity index (χ1) is 5.59. The zero-order valence-corrected chi connectivity index (χ0v) is 7.75. The first-order valence-corrected chi connectivity index (χ1v) is 4.18. The average Bonchev–Trinajstić information content (AvgIpc) is 2.26. The molecule has 1 saturated heterocycles. The van der Waals surface area contributed by atoms with Crippen LogP contribution in [0.25, 0.3) is 0 Å². The van der Waals surface area contributed by atoms with Crippen molar-refractivity contribution in [3.63, 3.8) is 0 Å². The largest absolute Gasteiger partial charge is 0.344 e. The van der Waals surface area contributed by atoms with Gasteiger partial charge in [0, 0.05) is 0 Å². The predicted molar refractivity (Wildman–Crippen MR) is 48.8 cm³/mol. The smallest absolute Gasteiger partial charge is 0.164 e. The highest BCUT2D eigenvalue weighted by Crippen LogP contribution is 2.30. The molecule has 1 aliphatic rings. The number of hydrogen-bond donors (Lipinski definition) is 0. The predicted octanol–water partition coefficient (Wildman–Crippen LogP) is 2.27. The summed E-state index contributed by atoms with van der Waals surface area (Å²) in [6, 6.07) is 0. The van der Waals surface area contributed by atoms with Gasteiger partial charge < -0.3 is 9.47 Å². The molecule has 0 aromatic carbocycles. The summed E-state index contributed by atoms with van der Waals surface area (Å²) in [6.45, 7) is 11.2. The van der Waals surface area contributed by atoms with Crippen molar-refractivity contribution in [2.24, 2.45) is 0 Å². The maximum absolute atomic E-state index is 5.63. The van der Waals surface area contributed by atoms with Crippen molar-refractivity contribution in [2.75, 3.05) is 0 Å². The Balaban J connectivity index is 2.62. The lowest BCUT2D eigenvalue weighted by Gasteiger charge is -2.16. The SMILES string of the molecule is C=CC[C@@H]1OC(C)(C)O[C@@H]1C=C. The molecular weight excluding hydrogens is 152 g/mol. The average molecular weight is 168 g/mol. The minimum Gasteiger partial charge on any atom is -0.344 e. The van der Waals surface area contributed by atoms with Crippen molar-refractivity contribution in [3.05, 3.63) is 25.3 Å². The summed E-state index contributed by atoms with van der Waals surface area (Å²) in [5.41, 5.74) is 0. The van der Waals surface area contributed by atoms with Gasteiger partial charge in [0.1, 0.15) is 6.10 Å². The Hall–Kier alpha value is -0.600. The van der Waals surface area contributed by atoms with E-state index in [1.165, 1.54) is 0 Å². The molecule has 1 fully saturated rings. The molecule has 2 atom stereocenters. The molecule has 0 bridgehead atoms. The van der Waals surface area contributed by atoms with Crippen molar-refractivity contribution in [3.8, 4) is 0 Å². The molecule has 2 heteroatoms. The van der Waals surface area contributed by atoms with Crippen LogP contribution in [0.15, 0.2) is 25.3 Å². The molecule has 1 aliphatic heterocycles. The van der Waals surface area contributed by atoms with Crippen molar-refractivity contribution in [1.82, 2.24) is 0 Å². The molecular formula is C10H16O2. The lowest BCUT2D eigenvalue weighted by Crippen LogP contribution is -2.21. The maximum Gasteiger partial charge on any atom is 0.164 e. The molecule has 0 saturated carbocycles. The van der Waals surface area contributed by atoms with E-state index in [0.717, 1.165) is 6.42 Å². The lowest BCUT2D eigenvalue weighted by molar-refractivity contribution is -0.142. The fourth-order valence-electron chi connectivity index (χ4n) is 1.41. The Morgan fingerprint density at radius 1 is 1.33 bits per heavy atom. The Morgan fingerprint density at radius 2 is 2.00 bits per heavy atom. The number of ether oxygens (including phenoxy) is 2. The van der Waals surface area contributed by atoms with Crippen LogP contribution in [0.2, 0.25) is 0 Å². The van der Waals surface area contributed by atoms with Gasteiger partial charge in [-0.3, -0.25) is 0 Å². The molecule has 68 valence electrons. The zero-order chi connectivity index (χ0) is 9.19. The van der Waals surface area contributed by atoms with E-state index < -0.39 is 5.79 Å². The molecule has 2 nitrogen and oxygen atoms in total. The standard InChI is InChI=1S/C10H16O2/c1-5-7-9-8(6-2)11-10(3,4)12-9/h5-6,8-9H,1-2,7H2,3-4H3/t8-,9+/m1/s1. The third-order valence-electron chi connectivity index (χ3n) is 1.85. The molecule has 1 heterocycles. The molecule has 0 aromatic heterocycles. The van der Waals surface area contributed by atoms with E-state index in [1.54, 1.807) is 6.08 Å². The first kappa shape index (κ1) is 9.49. The van der Waals surface area contributed by atoms with Crippen LogP contribution < -0.4 is 0 Å². The van der Waals surface area contributed by atoms with E-state index in [-0.39, 0.29) is 12.2 Å². The van der Waals surface area contributed by atoms with Gasteiger partial charge in [0.25, 0.3) is 0 Å². The highest BCUT2D eigenvalue weighted by atomic mass is 16.7. The van der Waals surface area contributed by atoms with Crippen LogP contribution in [0.3, 0.4) is 0 Å². The normalized spacial score (nSPS) is 33.2. The highest BCUT2D eigenvalue weighted by Gasteiger charge is 2.38. The van der Waals surface area contributed by atoms with E-state index in [0.29, 0.717) is 0 Å². The summed E-state index contributed by atoms with van der Waals surface area (Å²) >= 11 is 0. The third-order valence-corrected chi connectivity index (χ3v) is 1.85. The van der Waals surface area contributed by atoms with Crippen LogP contribution in [0.5, 0.6) is 0 Å². The van der Waals surface area contributed by atoms with Crippen LogP contribution in [0.1, 0.15) is 20.3 Å². The lowest BCUT2D eigenvalue weighted by atomic mass is 10.1. The van der Waals surface area contributed by atoms with E-state index >= 15 is 0 Å². The van der Waals surface area contributed by atoms with Crippen LogP contribution in [-0.4, -0.2) is 18.0 Å². The van der Waals surface area contributed by atoms with E-state index in [2.05, 4.69) is 13.2 Å². The summed E-state index contributed by atoms with van der Waals surface area (Å²) in [4.78, 5) is 0. The minimum absolute atomic E-state index is 0.00185. The minimum atomic E-state index is -0.480. The van der Waals surface area contributed by atoms with Gasteiger partial charge in [-0.2, -0.15) is 0 Å². The van der Waals surface area contributed by atoms with Crippen molar-refractivity contribution >= 4 is 0 Å². The van der Waals surface area contributed by atoms with Gasteiger partial charge in [0.15, 0.2) is 5.79 Å². The molecule has 12 heavy (non-hydrogen) atoms. The first-order valence-electron chi connectivity index (χ1n) is 4.18. The quantitative estimate of drug-likeness (QED) is 0.602. The molecule has 0 aliphatic carbocycles. The summed E-state index contributed by atoms with van der Waals surface area (Å²) in [6.07, 6.45) is 4.50. The summed E-state index contributed by atoms with van der Waals surface area (Å²) < 4.78 is 11.2. The van der Waals surface area contributed by atoms with Gasteiger partial charge in [0.05, 0.1) is 6.10 Å². The second-order valence-corrected chi connectivity index (χ2v) is 3.40. The zero-order valence-electron chi connectivity index (χ0n) is 7.75. The van der Waals surface area contributed by atoms with E-state index in [9.17, 15) is 0 Å². The van der Waals surface area contributed by atoms with Gasteiger partial charge in [-0.15, -0.1) is 13.2 Å². The number of rotatable bonds is 3. The molecule has 0 amide bonds. The van der Waals surface area contributed by atoms with Crippen molar-refractivity contribution < 1.29 is 9.47 Å². The van der Waals surface area contributed by atoms with Crippen molar-refractivity contribution in [1.29, 1.82) is 0 Å². The topological polar surface area (TPSA) is 18.5 Å². The van der Waals surface area contributed by atoms with Crippen LogP contribution in [0, 0.1) is 0 Å². The molecule has 0 N–H and O–H groups in total. The molecule has 0 aromatic rings. The second kappa shape index (κ2) is 3.42. The Bertz CT molecular complexity index is 184. The highest BCUT2D eigenvalue weighted by molar-refractivity contribution is 4.95. The maximum atomic E-state index is 5.63. The molecule has 0 radical (unpaired) electrons. The van der Waals surface area contributed by atoms with Gasteiger partial charge in [0.2, 0.25) is 0 Å². The molecule has 0 unspecified atom stereocenters. The summed E-state index contributed by atoms with van der Waals surface area (Å²) in [5.74, 6) is -0.480. The van der Waals surface area contributed by atoms with Crippen molar-refractivity contribution in [2.45, 2.75) is 38.3 Å². The van der Waals surface area contributed by atoms with Gasteiger partial charge in [-0.1, -0.05) is 12.2 Å². The van der Waals surface area contributed by atoms with E-state index in [1.807, 2.05) is 19.9 Å². The molecule has 1 rings (SSSR count). The molecule has 0 spiro atoms. The van der Waals surface area contributed by atoms with Crippen LogP contribution in [0.4, 0.5) is 0 Å². The Morgan fingerprint density at radius 3 is 2.50 bits per heavy atom.